The number of thiophene rings is 1. The fraction of sp³-hybridized carbons (Fsp3) is 0. The molecule has 0 bridgehead atoms. The number of para-hydroxylation sites is 2. The summed E-state index contributed by atoms with van der Waals surface area (Å²) in [6, 6.07) is 60.0. The number of rotatable bonds is 5. The van der Waals surface area contributed by atoms with Gasteiger partial charge in [0, 0.05) is 69.9 Å². The van der Waals surface area contributed by atoms with Crippen LogP contribution in [0.3, 0.4) is 0 Å². The minimum absolute atomic E-state index is 0.872. The first-order valence-electron chi connectivity index (χ1n) is 18.3. The standard InChI is InChI=1S/C49H28N2O2S2/c1-2-10-30(11-3-1)49-50-40-28-37(47-46(48(40)55-49)36-14-6-9-17-45(36)54-47)29-18-20-31(21-19-29)51(32-22-24-43-38(26-32)34-12-4-7-15-41(34)52-43)33-23-25-44-39(27-33)35-13-5-8-16-42(35)53-44/h1-28H. The van der Waals surface area contributed by atoms with Crippen molar-refractivity contribution in [1.82, 2.24) is 4.98 Å². The van der Waals surface area contributed by atoms with Gasteiger partial charge in [0.15, 0.2) is 0 Å². The molecule has 8 aromatic carbocycles. The maximum Gasteiger partial charge on any atom is 0.135 e. The molecule has 0 spiro atoms. The van der Waals surface area contributed by atoms with Gasteiger partial charge in [0.05, 0.1) is 10.2 Å². The Balaban J connectivity index is 1.05. The summed E-state index contributed by atoms with van der Waals surface area (Å²) in [5.41, 5.74) is 11.2. The molecule has 0 fully saturated rings. The van der Waals surface area contributed by atoms with E-state index in [1.807, 2.05) is 35.6 Å². The molecule has 0 aliphatic rings. The molecule has 0 amide bonds. The largest absolute Gasteiger partial charge is 0.456 e. The molecule has 0 saturated carbocycles. The van der Waals surface area contributed by atoms with Gasteiger partial charge in [-0.15, -0.1) is 22.7 Å². The molecule has 0 aliphatic heterocycles. The number of hydrogen-bond donors (Lipinski definition) is 0. The van der Waals surface area contributed by atoms with Crippen molar-refractivity contribution in [2.24, 2.45) is 0 Å². The Hall–Kier alpha value is -6.73. The molecule has 4 aromatic heterocycles. The van der Waals surface area contributed by atoms with Gasteiger partial charge < -0.3 is 13.7 Å². The molecule has 0 saturated heterocycles. The molecule has 6 heteroatoms. The van der Waals surface area contributed by atoms with Crippen LogP contribution in [0.15, 0.2) is 179 Å². The summed E-state index contributed by atoms with van der Waals surface area (Å²) in [5, 5.41) is 7.99. The van der Waals surface area contributed by atoms with Crippen molar-refractivity contribution in [2.45, 2.75) is 0 Å². The minimum Gasteiger partial charge on any atom is -0.456 e. The van der Waals surface area contributed by atoms with Gasteiger partial charge in [-0.25, -0.2) is 4.98 Å². The van der Waals surface area contributed by atoms with Crippen molar-refractivity contribution in [3.63, 3.8) is 0 Å². The van der Waals surface area contributed by atoms with Crippen LogP contribution in [0.5, 0.6) is 0 Å². The average molecular weight is 741 g/mol. The molecule has 4 nitrogen and oxygen atoms in total. The van der Waals surface area contributed by atoms with Gasteiger partial charge in [0.1, 0.15) is 27.3 Å². The van der Waals surface area contributed by atoms with Gasteiger partial charge in [0.2, 0.25) is 0 Å². The normalized spacial score (nSPS) is 12.0. The van der Waals surface area contributed by atoms with E-state index in [1.165, 1.54) is 30.4 Å². The smallest absolute Gasteiger partial charge is 0.135 e. The first-order valence-corrected chi connectivity index (χ1v) is 19.9. The second kappa shape index (κ2) is 11.9. The quantitative estimate of drug-likeness (QED) is 0.176. The van der Waals surface area contributed by atoms with Crippen LogP contribution in [0.2, 0.25) is 0 Å². The molecule has 0 atom stereocenters. The van der Waals surface area contributed by atoms with Crippen molar-refractivity contribution in [1.29, 1.82) is 0 Å². The Labute approximate surface area is 322 Å². The topological polar surface area (TPSA) is 42.4 Å². The Kier molecular flexibility index (Phi) is 6.64. The number of fused-ring (bicyclic) bond motifs is 11. The lowest BCUT2D eigenvalue weighted by atomic mass is 10.0. The van der Waals surface area contributed by atoms with Gasteiger partial charge in [-0.2, -0.15) is 0 Å². The van der Waals surface area contributed by atoms with Gasteiger partial charge in [0.25, 0.3) is 0 Å². The molecular formula is C49H28N2O2S2. The summed E-state index contributed by atoms with van der Waals surface area (Å²) >= 11 is 3.65. The Morgan fingerprint density at radius 2 is 0.982 bits per heavy atom. The van der Waals surface area contributed by atoms with Crippen molar-refractivity contribution in [3.8, 4) is 21.7 Å². The number of thiazole rings is 1. The first kappa shape index (κ1) is 30.7. The number of nitrogens with zero attached hydrogens (tertiary/aromatic N) is 2. The van der Waals surface area contributed by atoms with E-state index in [1.54, 1.807) is 11.3 Å². The highest BCUT2D eigenvalue weighted by Crippen LogP contribution is 2.48. The van der Waals surface area contributed by atoms with E-state index in [0.29, 0.717) is 0 Å². The zero-order valence-corrected chi connectivity index (χ0v) is 30.8. The summed E-state index contributed by atoms with van der Waals surface area (Å²) in [7, 11) is 0. The third-order valence-electron chi connectivity index (χ3n) is 10.7. The van der Waals surface area contributed by atoms with E-state index in [0.717, 1.165) is 82.6 Å². The van der Waals surface area contributed by atoms with E-state index in [-0.39, 0.29) is 0 Å². The highest BCUT2D eigenvalue weighted by atomic mass is 32.1. The summed E-state index contributed by atoms with van der Waals surface area (Å²) in [5.74, 6) is 0. The third-order valence-corrected chi connectivity index (χ3v) is 13.0. The lowest BCUT2D eigenvalue weighted by Crippen LogP contribution is -2.09. The van der Waals surface area contributed by atoms with Crippen molar-refractivity contribution in [2.75, 3.05) is 4.90 Å². The number of aromatic nitrogens is 1. The van der Waals surface area contributed by atoms with Crippen molar-refractivity contribution >= 4 is 114 Å². The van der Waals surface area contributed by atoms with Crippen LogP contribution < -0.4 is 4.90 Å². The molecule has 12 aromatic rings. The van der Waals surface area contributed by atoms with Crippen LogP contribution in [0.25, 0.3) is 96.0 Å². The molecule has 0 unspecified atom stereocenters. The average Bonchev–Trinajstić information content (AvgIpc) is 4.02. The number of anilines is 3. The van der Waals surface area contributed by atoms with Gasteiger partial charge in [-0.05, 0) is 78.4 Å². The SMILES string of the molecule is c1ccc(-c2nc3cc(-c4ccc(N(c5ccc6oc7ccccc7c6c5)c5ccc6oc7ccccc7c6c5)cc4)c4sc5ccccc5c4c3s2)cc1. The summed E-state index contributed by atoms with van der Waals surface area (Å²) < 4.78 is 16.3. The van der Waals surface area contributed by atoms with Gasteiger partial charge in [-0.3, -0.25) is 0 Å². The lowest BCUT2D eigenvalue weighted by molar-refractivity contribution is 0.668. The monoisotopic (exact) mass is 740 g/mol. The number of furan rings is 2. The zero-order chi connectivity index (χ0) is 36.0. The van der Waals surface area contributed by atoms with Crippen LogP contribution in [-0.2, 0) is 0 Å². The van der Waals surface area contributed by atoms with Crippen LogP contribution >= 0.6 is 22.7 Å². The van der Waals surface area contributed by atoms with Crippen LogP contribution in [0, 0.1) is 0 Å². The molecular weight excluding hydrogens is 713 g/mol. The maximum atomic E-state index is 6.24. The molecule has 12 rings (SSSR count). The fourth-order valence-corrected chi connectivity index (χ4v) is 10.6. The Bertz CT molecular complexity index is 3330. The summed E-state index contributed by atoms with van der Waals surface area (Å²) in [6.45, 7) is 0. The van der Waals surface area contributed by atoms with Crippen LogP contribution in [0.4, 0.5) is 17.1 Å². The molecule has 0 N–H and O–H groups in total. The van der Waals surface area contributed by atoms with E-state index < -0.39 is 0 Å². The molecule has 55 heavy (non-hydrogen) atoms. The van der Waals surface area contributed by atoms with Crippen molar-refractivity contribution < 1.29 is 8.83 Å². The van der Waals surface area contributed by atoms with Gasteiger partial charge >= 0.3 is 0 Å². The fourth-order valence-electron chi connectivity index (χ4n) is 8.13. The molecule has 4 heterocycles. The second-order valence-corrected chi connectivity index (χ2v) is 16.0. The van der Waals surface area contributed by atoms with Crippen LogP contribution in [-0.4, -0.2) is 4.98 Å². The van der Waals surface area contributed by atoms with E-state index >= 15 is 0 Å². The first-order chi connectivity index (χ1) is 27.2. The van der Waals surface area contributed by atoms with E-state index in [4.69, 9.17) is 13.8 Å². The predicted octanol–water partition coefficient (Wildman–Crippen LogP) is 15.3. The maximum absolute atomic E-state index is 6.24. The highest BCUT2D eigenvalue weighted by Gasteiger charge is 2.21. The molecule has 258 valence electrons. The molecule has 0 radical (unpaired) electrons. The predicted molar refractivity (Wildman–Crippen MR) is 233 cm³/mol. The molecule has 0 aliphatic carbocycles. The Morgan fingerprint density at radius 3 is 1.65 bits per heavy atom. The third kappa shape index (κ3) is 4.79. The number of benzene rings is 8. The zero-order valence-electron chi connectivity index (χ0n) is 29.2. The summed E-state index contributed by atoms with van der Waals surface area (Å²) in [4.78, 5) is 7.54. The van der Waals surface area contributed by atoms with Gasteiger partial charge in [-0.1, -0.05) is 97.1 Å². The highest BCUT2D eigenvalue weighted by molar-refractivity contribution is 7.28. The summed E-state index contributed by atoms with van der Waals surface area (Å²) in [6.07, 6.45) is 0. The van der Waals surface area contributed by atoms with E-state index in [2.05, 4.69) is 150 Å². The Morgan fingerprint density at radius 1 is 0.418 bits per heavy atom. The van der Waals surface area contributed by atoms with E-state index in [9.17, 15) is 0 Å². The number of hydrogen-bond acceptors (Lipinski definition) is 6. The lowest BCUT2D eigenvalue weighted by Gasteiger charge is -2.26. The minimum atomic E-state index is 0.872. The second-order valence-electron chi connectivity index (χ2n) is 13.9. The van der Waals surface area contributed by atoms with Crippen LogP contribution in [0.1, 0.15) is 0 Å². The van der Waals surface area contributed by atoms with Crippen molar-refractivity contribution in [3.05, 3.63) is 170 Å².